The summed E-state index contributed by atoms with van der Waals surface area (Å²) in [7, 11) is 0. The van der Waals surface area contributed by atoms with Crippen molar-refractivity contribution in [1.29, 1.82) is 0 Å². The summed E-state index contributed by atoms with van der Waals surface area (Å²) in [6.45, 7) is 0.508. The summed E-state index contributed by atoms with van der Waals surface area (Å²) in [5.41, 5.74) is 1.26. The molecule has 0 bridgehead atoms. The van der Waals surface area contributed by atoms with Gasteiger partial charge in [0.15, 0.2) is 0 Å². The van der Waals surface area contributed by atoms with E-state index in [4.69, 9.17) is 0 Å². The first-order chi connectivity index (χ1) is 11.6. The zero-order valence-corrected chi connectivity index (χ0v) is 13.6. The number of hydrogen-bond acceptors (Lipinski definition) is 4. The molecule has 3 rings (SSSR count). The molecule has 0 fully saturated rings. The van der Waals surface area contributed by atoms with Crippen molar-refractivity contribution in [3.05, 3.63) is 64.0 Å². The van der Waals surface area contributed by atoms with Gasteiger partial charge in [-0.2, -0.15) is 0 Å². The van der Waals surface area contributed by atoms with E-state index >= 15 is 0 Å². The summed E-state index contributed by atoms with van der Waals surface area (Å²) in [5, 5.41) is 10.6. The Morgan fingerprint density at radius 1 is 1.25 bits per heavy atom. The predicted molar refractivity (Wildman–Crippen MR) is 90.9 cm³/mol. The highest BCUT2D eigenvalue weighted by atomic mass is 32.2. The second kappa shape index (κ2) is 7.00. The minimum Gasteiger partial charge on any atom is -0.309 e. The van der Waals surface area contributed by atoms with Crippen LogP contribution in [0.25, 0.3) is 0 Å². The highest BCUT2D eigenvalue weighted by Gasteiger charge is 2.25. The van der Waals surface area contributed by atoms with Gasteiger partial charge in [0.05, 0.1) is 16.4 Å². The lowest BCUT2D eigenvalue weighted by Crippen LogP contribution is -2.37. The molecule has 124 valence electrons. The van der Waals surface area contributed by atoms with Crippen molar-refractivity contribution in [1.82, 2.24) is 0 Å². The molecule has 1 aliphatic rings. The van der Waals surface area contributed by atoms with Gasteiger partial charge in [-0.05, 0) is 36.6 Å². The summed E-state index contributed by atoms with van der Waals surface area (Å²) in [4.78, 5) is 24.9. The number of non-ortho nitro benzene ring substituents is 1. The predicted octanol–water partition coefficient (Wildman–Crippen LogP) is 3.81. The SMILES string of the molecule is O=C(CSc1ccc([N+](=O)[O-])cc1)N1CCCc2cccc(F)c21. The molecule has 0 radical (unpaired) electrons. The standard InChI is InChI=1S/C17H15FN2O3S/c18-15-5-1-3-12-4-2-10-19(17(12)15)16(21)11-24-14-8-6-13(7-9-14)20(22)23/h1,3,5-9H,2,4,10-11H2. The van der Waals surface area contributed by atoms with Crippen LogP contribution < -0.4 is 4.90 Å². The molecule has 1 aliphatic heterocycles. The van der Waals surface area contributed by atoms with E-state index in [1.807, 2.05) is 6.07 Å². The molecule has 2 aromatic carbocycles. The van der Waals surface area contributed by atoms with Gasteiger partial charge in [-0.25, -0.2) is 4.39 Å². The van der Waals surface area contributed by atoms with Crippen LogP contribution in [-0.4, -0.2) is 23.1 Å². The highest BCUT2D eigenvalue weighted by Crippen LogP contribution is 2.31. The molecule has 0 unspecified atom stereocenters. The van der Waals surface area contributed by atoms with Gasteiger partial charge < -0.3 is 4.90 Å². The fourth-order valence-electron chi connectivity index (χ4n) is 2.74. The van der Waals surface area contributed by atoms with Crippen LogP contribution in [0.15, 0.2) is 47.4 Å². The third-order valence-electron chi connectivity index (χ3n) is 3.88. The Balaban J connectivity index is 1.69. The van der Waals surface area contributed by atoms with E-state index in [1.54, 1.807) is 18.2 Å². The van der Waals surface area contributed by atoms with Crippen LogP contribution in [0.1, 0.15) is 12.0 Å². The summed E-state index contributed by atoms with van der Waals surface area (Å²) in [6.07, 6.45) is 1.58. The van der Waals surface area contributed by atoms with Crippen molar-refractivity contribution < 1.29 is 14.1 Å². The second-order valence-corrected chi connectivity index (χ2v) is 6.48. The Kier molecular flexibility index (Phi) is 4.80. The van der Waals surface area contributed by atoms with E-state index < -0.39 is 4.92 Å². The first-order valence-electron chi connectivity index (χ1n) is 7.51. The van der Waals surface area contributed by atoms with Crippen molar-refractivity contribution in [2.75, 3.05) is 17.2 Å². The molecule has 0 saturated carbocycles. The van der Waals surface area contributed by atoms with Gasteiger partial charge >= 0.3 is 0 Å². The number of halogens is 1. The number of nitrogens with zero attached hydrogens (tertiary/aromatic N) is 2. The van der Waals surface area contributed by atoms with Crippen molar-refractivity contribution in [3.8, 4) is 0 Å². The minimum absolute atomic E-state index is 0.0118. The Bertz CT molecular complexity index is 780. The first-order valence-corrected chi connectivity index (χ1v) is 8.50. The van der Waals surface area contributed by atoms with Crippen LogP contribution in [0.3, 0.4) is 0 Å². The third-order valence-corrected chi connectivity index (χ3v) is 4.88. The van der Waals surface area contributed by atoms with E-state index in [-0.39, 0.29) is 23.2 Å². The fourth-order valence-corrected chi connectivity index (χ4v) is 3.51. The maximum atomic E-state index is 14.1. The van der Waals surface area contributed by atoms with Gasteiger partial charge in [0, 0.05) is 23.6 Å². The molecule has 2 aromatic rings. The number of anilines is 1. The zero-order valence-electron chi connectivity index (χ0n) is 12.8. The first kappa shape index (κ1) is 16.4. The Morgan fingerprint density at radius 2 is 2.00 bits per heavy atom. The maximum absolute atomic E-state index is 14.1. The van der Waals surface area contributed by atoms with Crippen molar-refractivity contribution in [3.63, 3.8) is 0 Å². The minimum atomic E-state index is -0.465. The summed E-state index contributed by atoms with van der Waals surface area (Å²) in [5.74, 6) is -0.378. The number of nitro benzene ring substituents is 1. The lowest BCUT2D eigenvalue weighted by molar-refractivity contribution is -0.384. The van der Waals surface area contributed by atoms with E-state index in [0.717, 1.165) is 23.3 Å². The molecule has 0 saturated heterocycles. The number of thioether (sulfide) groups is 1. The van der Waals surface area contributed by atoms with Crippen LogP contribution in [0.4, 0.5) is 15.8 Å². The van der Waals surface area contributed by atoms with E-state index in [0.29, 0.717) is 12.2 Å². The summed E-state index contributed by atoms with van der Waals surface area (Å²) < 4.78 is 14.1. The van der Waals surface area contributed by atoms with E-state index in [2.05, 4.69) is 0 Å². The highest BCUT2D eigenvalue weighted by molar-refractivity contribution is 8.00. The molecular weight excluding hydrogens is 331 g/mol. The van der Waals surface area contributed by atoms with Crippen LogP contribution in [0.5, 0.6) is 0 Å². The van der Waals surface area contributed by atoms with E-state index in [9.17, 15) is 19.3 Å². The topological polar surface area (TPSA) is 63.4 Å². The molecule has 1 amide bonds. The Morgan fingerprint density at radius 3 is 2.71 bits per heavy atom. The van der Waals surface area contributed by atoms with Gasteiger partial charge in [-0.3, -0.25) is 14.9 Å². The Labute approximate surface area is 142 Å². The van der Waals surface area contributed by atoms with E-state index in [1.165, 1.54) is 34.9 Å². The molecule has 0 aromatic heterocycles. The average molecular weight is 346 g/mol. The van der Waals surface area contributed by atoms with Crippen molar-refractivity contribution in [2.24, 2.45) is 0 Å². The normalized spacial score (nSPS) is 13.5. The number of rotatable bonds is 4. The monoisotopic (exact) mass is 346 g/mol. The molecule has 0 atom stereocenters. The zero-order chi connectivity index (χ0) is 17.1. The van der Waals surface area contributed by atoms with Crippen molar-refractivity contribution >= 4 is 29.0 Å². The molecule has 5 nitrogen and oxygen atoms in total. The number of aryl methyl sites for hydroxylation is 1. The molecule has 24 heavy (non-hydrogen) atoms. The number of fused-ring (bicyclic) bond motifs is 1. The van der Waals surface area contributed by atoms with Crippen LogP contribution in [-0.2, 0) is 11.2 Å². The smallest absolute Gasteiger partial charge is 0.269 e. The number of nitro groups is 1. The number of carbonyl (C=O) groups is 1. The number of carbonyl (C=O) groups excluding carboxylic acids is 1. The summed E-state index contributed by atoms with van der Waals surface area (Å²) in [6, 6.07) is 10.9. The molecule has 1 heterocycles. The van der Waals surface area contributed by atoms with Gasteiger partial charge in [-0.1, -0.05) is 12.1 Å². The van der Waals surface area contributed by atoms with Crippen LogP contribution >= 0.6 is 11.8 Å². The van der Waals surface area contributed by atoms with Crippen molar-refractivity contribution in [2.45, 2.75) is 17.7 Å². The fraction of sp³-hybridized carbons (Fsp3) is 0.235. The quantitative estimate of drug-likeness (QED) is 0.480. The summed E-state index contributed by atoms with van der Waals surface area (Å²) >= 11 is 1.29. The molecule has 0 N–H and O–H groups in total. The van der Waals surface area contributed by atoms with Gasteiger partial charge in [0.25, 0.3) is 5.69 Å². The molecular formula is C17H15FN2O3S. The second-order valence-electron chi connectivity index (χ2n) is 5.44. The van der Waals surface area contributed by atoms with Gasteiger partial charge in [0.1, 0.15) is 5.82 Å². The van der Waals surface area contributed by atoms with Crippen LogP contribution in [0.2, 0.25) is 0 Å². The average Bonchev–Trinajstić information content (AvgIpc) is 2.60. The Hall–Kier alpha value is -2.41. The van der Waals surface area contributed by atoms with Gasteiger partial charge in [-0.15, -0.1) is 11.8 Å². The number of amides is 1. The number of benzene rings is 2. The van der Waals surface area contributed by atoms with Gasteiger partial charge in [0.2, 0.25) is 5.91 Å². The van der Waals surface area contributed by atoms with Crippen LogP contribution in [0, 0.1) is 15.9 Å². The maximum Gasteiger partial charge on any atom is 0.269 e. The largest absolute Gasteiger partial charge is 0.309 e. The number of hydrogen-bond donors (Lipinski definition) is 0. The molecule has 7 heteroatoms. The lowest BCUT2D eigenvalue weighted by Gasteiger charge is -2.29. The lowest BCUT2D eigenvalue weighted by atomic mass is 10.0. The molecule has 0 spiro atoms. The third kappa shape index (κ3) is 3.41. The molecule has 0 aliphatic carbocycles. The number of para-hydroxylation sites is 1.